The molecule has 0 saturated carbocycles. The molecule has 5 heteroatoms. The van der Waals surface area contributed by atoms with Crippen molar-refractivity contribution in [1.29, 1.82) is 0 Å². The number of carbonyl (C=O) groups is 1. The van der Waals surface area contributed by atoms with E-state index in [9.17, 15) is 9.18 Å². The number of amides is 1. The summed E-state index contributed by atoms with van der Waals surface area (Å²) in [5.41, 5.74) is 0.540. The molecular weight excluding hydrogens is 275 g/mol. The molecule has 1 aromatic carbocycles. The van der Waals surface area contributed by atoms with Crippen molar-refractivity contribution in [2.24, 2.45) is 0 Å². The first-order valence-electron chi connectivity index (χ1n) is 4.93. The van der Waals surface area contributed by atoms with Gasteiger partial charge in [-0.2, -0.15) is 0 Å². The van der Waals surface area contributed by atoms with Crippen LogP contribution in [0, 0.1) is 5.82 Å². The van der Waals surface area contributed by atoms with Gasteiger partial charge in [0.25, 0.3) is 0 Å². The number of hydrogen-bond acceptors (Lipinski definition) is 2. The fourth-order valence-electron chi connectivity index (χ4n) is 1.29. The van der Waals surface area contributed by atoms with Crippen LogP contribution in [0.3, 0.4) is 0 Å². The predicted octanol–water partition coefficient (Wildman–Crippen LogP) is 1.98. The van der Waals surface area contributed by atoms with Crippen molar-refractivity contribution in [2.75, 3.05) is 13.6 Å². The molecule has 1 amide bonds. The molecular formula is C11H14BrFN2O. The zero-order valence-corrected chi connectivity index (χ0v) is 10.8. The molecule has 0 radical (unpaired) electrons. The van der Waals surface area contributed by atoms with Crippen molar-refractivity contribution < 1.29 is 9.18 Å². The SMILES string of the molecule is CNC(=O)CNC(C)c1cc(Br)ccc1F. The van der Waals surface area contributed by atoms with E-state index in [4.69, 9.17) is 0 Å². The second kappa shape index (κ2) is 5.96. The number of halogens is 2. The van der Waals surface area contributed by atoms with Gasteiger partial charge in [-0.05, 0) is 25.1 Å². The van der Waals surface area contributed by atoms with Crippen molar-refractivity contribution in [3.8, 4) is 0 Å². The largest absolute Gasteiger partial charge is 0.358 e. The van der Waals surface area contributed by atoms with E-state index in [0.717, 1.165) is 4.47 Å². The fraction of sp³-hybridized carbons (Fsp3) is 0.364. The second-order valence-corrected chi connectivity index (χ2v) is 4.36. The molecule has 3 nitrogen and oxygen atoms in total. The molecule has 0 saturated heterocycles. The van der Waals surface area contributed by atoms with Gasteiger partial charge in [0.1, 0.15) is 5.82 Å². The van der Waals surface area contributed by atoms with Crippen LogP contribution < -0.4 is 10.6 Å². The van der Waals surface area contributed by atoms with E-state index in [1.165, 1.54) is 6.07 Å². The highest BCUT2D eigenvalue weighted by Crippen LogP contribution is 2.21. The third-order valence-corrected chi connectivity index (χ3v) is 2.77. The summed E-state index contributed by atoms with van der Waals surface area (Å²) in [5, 5.41) is 5.44. The smallest absolute Gasteiger partial charge is 0.233 e. The van der Waals surface area contributed by atoms with Gasteiger partial charge in [0.15, 0.2) is 0 Å². The maximum atomic E-state index is 13.5. The Morgan fingerprint density at radius 1 is 1.56 bits per heavy atom. The molecule has 2 N–H and O–H groups in total. The molecule has 0 heterocycles. The molecule has 88 valence electrons. The third-order valence-electron chi connectivity index (χ3n) is 2.27. The molecule has 1 rings (SSSR count). The Bertz CT molecular complexity index is 384. The quantitative estimate of drug-likeness (QED) is 0.890. The van der Waals surface area contributed by atoms with Gasteiger partial charge < -0.3 is 10.6 Å². The summed E-state index contributed by atoms with van der Waals surface area (Å²) in [6, 6.07) is 4.54. The van der Waals surface area contributed by atoms with Crippen LogP contribution in [0.5, 0.6) is 0 Å². The molecule has 0 spiro atoms. The van der Waals surface area contributed by atoms with E-state index < -0.39 is 0 Å². The molecule has 1 atom stereocenters. The Labute approximate surface area is 103 Å². The Kier molecular flexibility index (Phi) is 4.89. The van der Waals surface area contributed by atoms with Gasteiger partial charge in [0.2, 0.25) is 5.91 Å². The van der Waals surface area contributed by atoms with Crippen LogP contribution in [-0.4, -0.2) is 19.5 Å². The highest BCUT2D eigenvalue weighted by Gasteiger charge is 2.11. The van der Waals surface area contributed by atoms with Crippen molar-refractivity contribution in [2.45, 2.75) is 13.0 Å². The first kappa shape index (κ1) is 13.1. The lowest BCUT2D eigenvalue weighted by molar-refractivity contribution is -0.119. The summed E-state index contributed by atoms with van der Waals surface area (Å²) in [6.45, 7) is 1.98. The first-order valence-corrected chi connectivity index (χ1v) is 5.72. The van der Waals surface area contributed by atoms with Gasteiger partial charge in [-0.25, -0.2) is 4.39 Å². The molecule has 0 fully saturated rings. The lowest BCUT2D eigenvalue weighted by Gasteiger charge is -2.14. The Morgan fingerprint density at radius 2 is 2.25 bits per heavy atom. The van der Waals surface area contributed by atoms with Gasteiger partial charge in [-0.3, -0.25) is 4.79 Å². The summed E-state index contributed by atoms with van der Waals surface area (Å²) in [6.07, 6.45) is 0. The molecule has 1 unspecified atom stereocenters. The van der Waals surface area contributed by atoms with E-state index in [1.54, 1.807) is 19.2 Å². The molecule has 0 aliphatic rings. The molecule has 16 heavy (non-hydrogen) atoms. The normalized spacial score (nSPS) is 12.2. The summed E-state index contributed by atoms with van der Waals surface area (Å²) < 4.78 is 14.3. The average Bonchev–Trinajstić information content (AvgIpc) is 2.28. The van der Waals surface area contributed by atoms with Crippen molar-refractivity contribution >= 4 is 21.8 Å². The first-order chi connectivity index (χ1) is 7.54. The lowest BCUT2D eigenvalue weighted by Crippen LogP contribution is -2.33. The van der Waals surface area contributed by atoms with Gasteiger partial charge >= 0.3 is 0 Å². The second-order valence-electron chi connectivity index (χ2n) is 3.44. The van der Waals surface area contributed by atoms with Crippen LogP contribution in [0.4, 0.5) is 4.39 Å². The highest BCUT2D eigenvalue weighted by molar-refractivity contribution is 9.10. The Balaban J connectivity index is 2.68. The minimum Gasteiger partial charge on any atom is -0.358 e. The van der Waals surface area contributed by atoms with Crippen molar-refractivity contribution in [3.63, 3.8) is 0 Å². The maximum Gasteiger partial charge on any atom is 0.233 e. The van der Waals surface area contributed by atoms with E-state index in [2.05, 4.69) is 26.6 Å². The molecule has 0 bridgehead atoms. The topological polar surface area (TPSA) is 41.1 Å². The molecule has 0 aliphatic carbocycles. The summed E-state index contributed by atoms with van der Waals surface area (Å²) >= 11 is 3.28. The Hall–Kier alpha value is -0.940. The number of likely N-dealkylation sites (N-methyl/N-ethyl adjacent to an activating group) is 1. The van der Waals surface area contributed by atoms with Crippen LogP contribution >= 0.6 is 15.9 Å². The number of rotatable bonds is 4. The number of nitrogens with one attached hydrogen (secondary N) is 2. The van der Waals surface area contributed by atoms with Crippen LogP contribution in [-0.2, 0) is 4.79 Å². The minimum atomic E-state index is -0.278. The van der Waals surface area contributed by atoms with Gasteiger partial charge in [0.05, 0.1) is 6.54 Å². The van der Waals surface area contributed by atoms with Crippen molar-refractivity contribution in [3.05, 3.63) is 34.1 Å². The predicted molar refractivity (Wildman–Crippen MR) is 64.6 cm³/mol. The van der Waals surface area contributed by atoms with E-state index in [0.29, 0.717) is 5.56 Å². The summed E-state index contributed by atoms with van der Waals surface area (Å²) in [7, 11) is 1.56. The highest BCUT2D eigenvalue weighted by atomic mass is 79.9. The van der Waals surface area contributed by atoms with Crippen molar-refractivity contribution in [1.82, 2.24) is 10.6 Å². The standard InChI is InChI=1S/C11H14BrFN2O/c1-7(15-6-11(16)14-2)9-5-8(12)3-4-10(9)13/h3-5,7,15H,6H2,1-2H3,(H,14,16). The van der Waals surface area contributed by atoms with Gasteiger partial charge in [-0.15, -0.1) is 0 Å². The van der Waals surface area contributed by atoms with Gasteiger partial charge in [0, 0.05) is 23.1 Å². The monoisotopic (exact) mass is 288 g/mol. The molecule has 0 aromatic heterocycles. The van der Waals surface area contributed by atoms with Crippen LogP contribution in [0.2, 0.25) is 0 Å². The number of hydrogen-bond donors (Lipinski definition) is 2. The maximum absolute atomic E-state index is 13.5. The molecule has 0 aliphatic heterocycles. The average molecular weight is 289 g/mol. The van der Waals surface area contributed by atoms with Crippen LogP contribution in [0.15, 0.2) is 22.7 Å². The fourth-order valence-corrected chi connectivity index (χ4v) is 1.67. The Morgan fingerprint density at radius 3 is 2.88 bits per heavy atom. The summed E-state index contributed by atoms with van der Waals surface area (Å²) in [5.74, 6) is -0.401. The van der Waals surface area contributed by atoms with E-state index in [-0.39, 0.29) is 24.3 Å². The van der Waals surface area contributed by atoms with Gasteiger partial charge in [-0.1, -0.05) is 15.9 Å². The minimum absolute atomic E-state index is 0.123. The van der Waals surface area contributed by atoms with Crippen LogP contribution in [0.25, 0.3) is 0 Å². The third kappa shape index (κ3) is 3.57. The van der Waals surface area contributed by atoms with Crippen LogP contribution in [0.1, 0.15) is 18.5 Å². The zero-order chi connectivity index (χ0) is 12.1. The van der Waals surface area contributed by atoms with E-state index in [1.807, 2.05) is 6.92 Å². The summed E-state index contributed by atoms with van der Waals surface area (Å²) in [4.78, 5) is 11.0. The molecule has 1 aromatic rings. The van der Waals surface area contributed by atoms with E-state index >= 15 is 0 Å². The number of carbonyl (C=O) groups excluding carboxylic acids is 1. The zero-order valence-electron chi connectivity index (χ0n) is 9.18. The lowest BCUT2D eigenvalue weighted by atomic mass is 10.1. The number of benzene rings is 1.